The normalized spacial score (nSPS) is 10.4. The Balaban J connectivity index is 2.66. The summed E-state index contributed by atoms with van der Waals surface area (Å²) >= 11 is 0. The molecule has 2 rings (SSSR count). The van der Waals surface area contributed by atoms with Gasteiger partial charge in [0.25, 0.3) is 0 Å². The second kappa shape index (κ2) is 4.44. The number of carboxylic acids is 1. The molecule has 0 aliphatic heterocycles. The van der Waals surface area contributed by atoms with Crippen molar-refractivity contribution in [2.24, 2.45) is 0 Å². The van der Waals surface area contributed by atoms with E-state index in [1.54, 1.807) is 0 Å². The first-order valence-electron chi connectivity index (χ1n) is 4.83. The molecule has 0 bridgehead atoms. The SMILES string of the molecule is O=C(O)c1ccn(-c2cc(F)cc(F)c2[N+](=O)[O-])n1. The second-order valence-corrected chi connectivity index (χ2v) is 3.46. The van der Waals surface area contributed by atoms with Gasteiger partial charge in [-0.25, -0.2) is 13.9 Å². The van der Waals surface area contributed by atoms with Crippen molar-refractivity contribution >= 4 is 11.7 Å². The highest BCUT2D eigenvalue weighted by atomic mass is 19.1. The summed E-state index contributed by atoms with van der Waals surface area (Å²) in [6, 6.07) is 2.11. The Morgan fingerprint density at radius 3 is 2.63 bits per heavy atom. The standard InChI is InChI=1S/C10H5F2N3O4/c11-5-3-6(12)9(15(18)19)8(4-5)14-2-1-7(13-14)10(16)17/h1-4H,(H,16,17). The molecule has 9 heteroatoms. The maximum Gasteiger partial charge on any atom is 0.356 e. The summed E-state index contributed by atoms with van der Waals surface area (Å²) in [7, 11) is 0. The van der Waals surface area contributed by atoms with E-state index in [0.717, 1.165) is 16.9 Å². The minimum Gasteiger partial charge on any atom is -0.476 e. The molecule has 98 valence electrons. The van der Waals surface area contributed by atoms with Gasteiger partial charge >= 0.3 is 11.7 Å². The fourth-order valence-corrected chi connectivity index (χ4v) is 1.48. The van der Waals surface area contributed by atoms with Gasteiger partial charge in [-0.05, 0) is 6.07 Å². The summed E-state index contributed by atoms with van der Waals surface area (Å²) in [5.74, 6) is -3.77. The van der Waals surface area contributed by atoms with Crippen molar-refractivity contribution in [3.05, 3.63) is 51.8 Å². The van der Waals surface area contributed by atoms with E-state index in [4.69, 9.17) is 5.11 Å². The lowest BCUT2D eigenvalue weighted by atomic mass is 10.2. The molecule has 1 N–H and O–H groups in total. The van der Waals surface area contributed by atoms with Gasteiger partial charge in [0.15, 0.2) is 5.69 Å². The maximum absolute atomic E-state index is 13.4. The predicted molar refractivity (Wildman–Crippen MR) is 57.1 cm³/mol. The predicted octanol–water partition coefficient (Wildman–Crippen LogP) is 1.76. The van der Waals surface area contributed by atoms with Gasteiger partial charge in [-0.1, -0.05) is 0 Å². The molecule has 0 spiro atoms. The van der Waals surface area contributed by atoms with Crippen molar-refractivity contribution in [2.45, 2.75) is 0 Å². The number of nitro benzene ring substituents is 1. The molecular weight excluding hydrogens is 264 g/mol. The molecule has 0 unspecified atom stereocenters. The average molecular weight is 269 g/mol. The van der Waals surface area contributed by atoms with Gasteiger partial charge in [-0.3, -0.25) is 10.1 Å². The first kappa shape index (κ1) is 12.6. The highest BCUT2D eigenvalue weighted by Gasteiger charge is 2.24. The quantitative estimate of drug-likeness (QED) is 0.676. The summed E-state index contributed by atoms with van der Waals surface area (Å²) < 4.78 is 27.2. The smallest absolute Gasteiger partial charge is 0.356 e. The molecule has 2 aromatic rings. The Morgan fingerprint density at radius 1 is 1.42 bits per heavy atom. The van der Waals surface area contributed by atoms with E-state index in [1.165, 1.54) is 0 Å². The molecule has 0 amide bonds. The summed E-state index contributed by atoms with van der Waals surface area (Å²) in [5, 5.41) is 22.9. The van der Waals surface area contributed by atoms with E-state index in [1.807, 2.05) is 0 Å². The van der Waals surface area contributed by atoms with Crippen LogP contribution >= 0.6 is 0 Å². The Bertz CT molecular complexity index is 683. The number of carbonyl (C=O) groups is 1. The summed E-state index contributed by atoms with van der Waals surface area (Å²) in [4.78, 5) is 20.4. The van der Waals surface area contributed by atoms with Gasteiger partial charge in [0.1, 0.15) is 11.5 Å². The van der Waals surface area contributed by atoms with E-state index in [0.29, 0.717) is 12.1 Å². The van der Waals surface area contributed by atoms with Crippen LogP contribution in [0, 0.1) is 21.7 Å². The number of nitrogens with zero attached hydrogens (tertiary/aromatic N) is 3. The number of hydrogen-bond donors (Lipinski definition) is 1. The fourth-order valence-electron chi connectivity index (χ4n) is 1.48. The molecule has 0 aliphatic carbocycles. The van der Waals surface area contributed by atoms with Crippen LogP contribution in [0.2, 0.25) is 0 Å². The summed E-state index contributed by atoms with van der Waals surface area (Å²) in [6.45, 7) is 0. The van der Waals surface area contributed by atoms with Crippen LogP contribution in [0.4, 0.5) is 14.5 Å². The molecule has 0 radical (unpaired) electrons. The highest BCUT2D eigenvalue weighted by molar-refractivity contribution is 5.85. The first-order chi connectivity index (χ1) is 8.90. The summed E-state index contributed by atoms with van der Waals surface area (Å²) in [6.07, 6.45) is 1.06. The minimum absolute atomic E-state index is 0.364. The monoisotopic (exact) mass is 269 g/mol. The van der Waals surface area contributed by atoms with Crippen LogP contribution in [0.3, 0.4) is 0 Å². The van der Waals surface area contributed by atoms with Gasteiger partial charge in [0.2, 0.25) is 5.82 Å². The lowest BCUT2D eigenvalue weighted by Gasteiger charge is -2.04. The van der Waals surface area contributed by atoms with Crippen LogP contribution in [0.25, 0.3) is 5.69 Å². The van der Waals surface area contributed by atoms with E-state index in [9.17, 15) is 23.7 Å². The van der Waals surface area contributed by atoms with Crippen LogP contribution in [0.5, 0.6) is 0 Å². The molecule has 1 heterocycles. The molecular formula is C10H5F2N3O4. The van der Waals surface area contributed by atoms with E-state index < -0.39 is 39.6 Å². The molecule has 19 heavy (non-hydrogen) atoms. The fraction of sp³-hybridized carbons (Fsp3) is 0. The van der Waals surface area contributed by atoms with E-state index in [2.05, 4.69) is 5.10 Å². The zero-order valence-corrected chi connectivity index (χ0v) is 9.08. The van der Waals surface area contributed by atoms with Crippen molar-refractivity contribution in [1.29, 1.82) is 0 Å². The van der Waals surface area contributed by atoms with Crippen LogP contribution in [0.15, 0.2) is 24.4 Å². The third-order valence-electron chi connectivity index (χ3n) is 2.25. The third-order valence-corrected chi connectivity index (χ3v) is 2.25. The number of hydrogen-bond acceptors (Lipinski definition) is 4. The summed E-state index contributed by atoms with van der Waals surface area (Å²) in [5.41, 5.74) is -1.88. The Labute approximate surface area is 103 Å². The molecule has 0 fully saturated rings. The number of aromatic carboxylic acids is 1. The lowest BCUT2D eigenvalue weighted by Crippen LogP contribution is -2.06. The number of benzene rings is 1. The zero-order valence-electron chi connectivity index (χ0n) is 9.08. The van der Waals surface area contributed by atoms with E-state index >= 15 is 0 Å². The molecule has 1 aromatic carbocycles. The maximum atomic E-state index is 13.4. The van der Waals surface area contributed by atoms with Crippen molar-refractivity contribution < 1.29 is 23.6 Å². The van der Waals surface area contributed by atoms with Crippen LogP contribution in [0.1, 0.15) is 10.5 Å². The molecule has 7 nitrogen and oxygen atoms in total. The Morgan fingerprint density at radius 2 is 2.11 bits per heavy atom. The molecule has 0 saturated heterocycles. The minimum atomic E-state index is -1.37. The topological polar surface area (TPSA) is 98.3 Å². The largest absolute Gasteiger partial charge is 0.476 e. The van der Waals surface area contributed by atoms with Crippen molar-refractivity contribution in [2.75, 3.05) is 0 Å². The number of aromatic nitrogens is 2. The average Bonchev–Trinajstić information content (AvgIpc) is 2.76. The molecule has 0 aliphatic rings. The number of rotatable bonds is 3. The van der Waals surface area contributed by atoms with Gasteiger partial charge < -0.3 is 5.11 Å². The first-order valence-corrected chi connectivity index (χ1v) is 4.83. The zero-order chi connectivity index (χ0) is 14.2. The number of carboxylic acid groups (broad SMARTS) is 1. The lowest BCUT2D eigenvalue weighted by molar-refractivity contribution is -0.387. The van der Waals surface area contributed by atoms with Crippen LogP contribution < -0.4 is 0 Å². The van der Waals surface area contributed by atoms with Gasteiger partial charge in [0, 0.05) is 18.3 Å². The number of nitro groups is 1. The molecule has 1 aromatic heterocycles. The second-order valence-electron chi connectivity index (χ2n) is 3.46. The van der Waals surface area contributed by atoms with Gasteiger partial charge in [0.05, 0.1) is 4.92 Å². The van der Waals surface area contributed by atoms with Crippen molar-refractivity contribution in [1.82, 2.24) is 9.78 Å². The third kappa shape index (κ3) is 2.25. The van der Waals surface area contributed by atoms with Gasteiger partial charge in [-0.2, -0.15) is 9.49 Å². The van der Waals surface area contributed by atoms with E-state index in [-0.39, 0.29) is 0 Å². The molecule has 0 atom stereocenters. The Kier molecular flexibility index (Phi) is 2.95. The van der Waals surface area contributed by atoms with Crippen LogP contribution in [-0.4, -0.2) is 25.8 Å². The van der Waals surface area contributed by atoms with Gasteiger partial charge in [-0.15, -0.1) is 0 Å². The highest BCUT2D eigenvalue weighted by Crippen LogP contribution is 2.27. The van der Waals surface area contributed by atoms with Crippen molar-refractivity contribution in [3.63, 3.8) is 0 Å². The number of halogens is 2. The van der Waals surface area contributed by atoms with Crippen LogP contribution in [-0.2, 0) is 0 Å². The molecule has 0 saturated carbocycles. The van der Waals surface area contributed by atoms with Crippen molar-refractivity contribution in [3.8, 4) is 5.69 Å². The Hall–Kier alpha value is -2.84.